The Morgan fingerprint density at radius 2 is 1.80 bits per heavy atom. The molecule has 3 rings (SSSR count). The van der Waals surface area contributed by atoms with Gasteiger partial charge in [0, 0.05) is 28.6 Å². The smallest absolute Gasteiger partial charge is 0.124 e. The number of benzene rings is 2. The van der Waals surface area contributed by atoms with Crippen LogP contribution in [0.4, 0.5) is 5.69 Å². The van der Waals surface area contributed by atoms with Crippen molar-refractivity contribution in [2.75, 3.05) is 0 Å². The van der Waals surface area contributed by atoms with Crippen LogP contribution in [0.2, 0.25) is 0 Å². The molecule has 4 nitrogen and oxygen atoms in total. The molecule has 0 saturated carbocycles. The number of phenolic OH excluding ortho intramolecular Hbond substituents is 1. The highest BCUT2D eigenvalue weighted by molar-refractivity contribution is 9.10. The average Bonchev–Trinajstić information content (AvgIpc) is 2.48. The van der Waals surface area contributed by atoms with E-state index in [1.807, 2.05) is 18.2 Å². The normalized spacial score (nSPS) is 11.2. The minimum atomic E-state index is 0.192. The van der Waals surface area contributed by atoms with Crippen molar-refractivity contribution in [1.82, 2.24) is 9.97 Å². The van der Waals surface area contributed by atoms with Crippen LogP contribution >= 0.6 is 15.9 Å². The van der Waals surface area contributed by atoms with Crippen molar-refractivity contribution in [1.29, 1.82) is 0 Å². The lowest BCUT2D eigenvalue weighted by Crippen LogP contribution is -1.83. The standard InChI is InChI=1S/C15H10BrN3O/c16-11-1-4-15(20)10(7-11)9-19-12-2-3-13-14(8-12)18-6-5-17-13/h1-9,20H. The summed E-state index contributed by atoms with van der Waals surface area (Å²) in [7, 11) is 0. The van der Waals surface area contributed by atoms with Gasteiger partial charge in [-0.25, -0.2) is 0 Å². The van der Waals surface area contributed by atoms with E-state index in [9.17, 15) is 5.11 Å². The Kier molecular flexibility index (Phi) is 3.43. The topological polar surface area (TPSA) is 58.4 Å². The van der Waals surface area contributed by atoms with Crippen LogP contribution in [0.5, 0.6) is 5.75 Å². The van der Waals surface area contributed by atoms with Crippen LogP contribution in [0.25, 0.3) is 11.0 Å². The van der Waals surface area contributed by atoms with Gasteiger partial charge in [-0.05, 0) is 36.4 Å². The van der Waals surface area contributed by atoms with Gasteiger partial charge < -0.3 is 5.11 Å². The highest BCUT2D eigenvalue weighted by atomic mass is 79.9. The van der Waals surface area contributed by atoms with Gasteiger partial charge in [0.1, 0.15) is 5.75 Å². The molecule has 1 heterocycles. The number of aromatic nitrogens is 2. The summed E-state index contributed by atoms with van der Waals surface area (Å²) in [6.07, 6.45) is 4.93. The molecule has 1 aromatic heterocycles. The van der Waals surface area contributed by atoms with E-state index in [-0.39, 0.29) is 5.75 Å². The van der Waals surface area contributed by atoms with Crippen LogP contribution in [0, 0.1) is 0 Å². The molecule has 0 atom stereocenters. The molecule has 0 fully saturated rings. The van der Waals surface area contributed by atoms with Gasteiger partial charge in [-0.15, -0.1) is 0 Å². The Hall–Kier alpha value is -2.27. The monoisotopic (exact) mass is 327 g/mol. The van der Waals surface area contributed by atoms with E-state index in [2.05, 4.69) is 30.9 Å². The van der Waals surface area contributed by atoms with Crippen LogP contribution in [-0.2, 0) is 0 Å². The number of halogens is 1. The highest BCUT2D eigenvalue weighted by Crippen LogP contribution is 2.22. The van der Waals surface area contributed by atoms with Crippen molar-refractivity contribution >= 4 is 38.9 Å². The summed E-state index contributed by atoms with van der Waals surface area (Å²) < 4.78 is 0.890. The lowest BCUT2D eigenvalue weighted by atomic mass is 10.2. The minimum absolute atomic E-state index is 0.192. The minimum Gasteiger partial charge on any atom is -0.507 e. The molecule has 0 radical (unpaired) electrons. The fourth-order valence-electron chi connectivity index (χ4n) is 1.80. The lowest BCUT2D eigenvalue weighted by Gasteiger charge is -2.00. The van der Waals surface area contributed by atoms with E-state index in [0.29, 0.717) is 5.56 Å². The molecule has 0 aliphatic carbocycles. The zero-order valence-electron chi connectivity index (χ0n) is 10.4. The summed E-state index contributed by atoms with van der Waals surface area (Å²) in [4.78, 5) is 12.8. The first-order valence-electron chi connectivity index (χ1n) is 5.96. The largest absolute Gasteiger partial charge is 0.507 e. The lowest BCUT2D eigenvalue weighted by molar-refractivity contribution is 0.474. The van der Waals surface area contributed by atoms with Crippen molar-refractivity contribution in [3.8, 4) is 5.75 Å². The van der Waals surface area contributed by atoms with Gasteiger partial charge in [0.05, 0.1) is 16.7 Å². The van der Waals surface area contributed by atoms with Crippen molar-refractivity contribution in [2.45, 2.75) is 0 Å². The second-order valence-corrected chi connectivity index (χ2v) is 5.11. The molecule has 0 saturated heterocycles. The van der Waals surface area contributed by atoms with E-state index in [0.717, 1.165) is 21.2 Å². The molecule has 0 aliphatic rings. The Bertz CT molecular complexity index is 802. The quantitative estimate of drug-likeness (QED) is 0.727. The average molecular weight is 328 g/mol. The Balaban J connectivity index is 1.96. The van der Waals surface area contributed by atoms with E-state index in [1.54, 1.807) is 36.8 Å². The molecule has 98 valence electrons. The maximum atomic E-state index is 9.75. The summed E-state index contributed by atoms with van der Waals surface area (Å²) in [5.41, 5.74) is 3.04. The number of aromatic hydroxyl groups is 1. The fourth-order valence-corrected chi connectivity index (χ4v) is 2.18. The Labute approximate surface area is 124 Å². The molecule has 20 heavy (non-hydrogen) atoms. The van der Waals surface area contributed by atoms with Crippen molar-refractivity contribution in [2.24, 2.45) is 4.99 Å². The van der Waals surface area contributed by atoms with Crippen LogP contribution in [0.1, 0.15) is 5.56 Å². The van der Waals surface area contributed by atoms with Gasteiger partial charge in [0.15, 0.2) is 0 Å². The zero-order valence-corrected chi connectivity index (χ0v) is 11.9. The number of aliphatic imine (C=N–C) groups is 1. The van der Waals surface area contributed by atoms with E-state index in [1.165, 1.54) is 0 Å². The maximum Gasteiger partial charge on any atom is 0.124 e. The summed E-state index contributed by atoms with van der Waals surface area (Å²) >= 11 is 3.36. The predicted octanol–water partition coefficient (Wildman–Crippen LogP) is 3.85. The summed E-state index contributed by atoms with van der Waals surface area (Å²) in [5, 5.41) is 9.75. The highest BCUT2D eigenvalue weighted by Gasteiger charge is 2.00. The number of hydrogen-bond donors (Lipinski definition) is 1. The van der Waals surface area contributed by atoms with Crippen molar-refractivity contribution in [3.63, 3.8) is 0 Å². The third kappa shape index (κ3) is 2.67. The molecule has 3 aromatic rings. The third-order valence-electron chi connectivity index (χ3n) is 2.80. The molecule has 0 aliphatic heterocycles. The Morgan fingerprint density at radius 1 is 1.00 bits per heavy atom. The molecular formula is C15H10BrN3O. The first-order valence-corrected chi connectivity index (χ1v) is 6.75. The summed E-state index contributed by atoms with van der Waals surface area (Å²) in [6, 6.07) is 10.8. The van der Waals surface area contributed by atoms with Crippen molar-refractivity contribution in [3.05, 3.63) is 58.8 Å². The summed E-state index contributed by atoms with van der Waals surface area (Å²) in [6.45, 7) is 0. The number of fused-ring (bicyclic) bond motifs is 1. The first kappa shape index (κ1) is 12.7. The van der Waals surface area contributed by atoms with E-state index >= 15 is 0 Å². The Morgan fingerprint density at radius 3 is 2.65 bits per heavy atom. The van der Waals surface area contributed by atoms with Gasteiger partial charge in [-0.1, -0.05) is 15.9 Å². The maximum absolute atomic E-state index is 9.75. The predicted molar refractivity (Wildman–Crippen MR) is 82.6 cm³/mol. The van der Waals surface area contributed by atoms with Crippen LogP contribution in [-0.4, -0.2) is 21.3 Å². The number of nitrogens with zero attached hydrogens (tertiary/aromatic N) is 3. The first-order chi connectivity index (χ1) is 9.72. The van der Waals surface area contributed by atoms with Crippen molar-refractivity contribution < 1.29 is 5.11 Å². The van der Waals surface area contributed by atoms with Gasteiger partial charge >= 0.3 is 0 Å². The number of rotatable bonds is 2. The fraction of sp³-hybridized carbons (Fsp3) is 0. The number of hydrogen-bond acceptors (Lipinski definition) is 4. The third-order valence-corrected chi connectivity index (χ3v) is 3.29. The van der Waals surface area contributed by atoms with E-state index < -0.39 is 0 Å². The molecule has 0 amide bonds. The second-order valence-electron chi connectivity index (χ2n) is 4.19. The van der Waals surface area contributed by atoms with Gasteiger partial charge in [-0.2, -0.15) is 0 Å². The van der Waals surface area contributed by atoms with Crippen LogP contribution in [0.15, 0.2) is 58.3 Å². The molecule has 5 heteroatoms. The SMILES string of the molecule is Oc1ccc(Br)cc1C=Nc1ccc2nccnc2c1. The summed E-state index contributed by atoms with van der Waals surface area (Å²) in [5.74, 6) is 0.192. The van der Waals surface area contributed by atoms with E-state index in [4.69, 9.17) is 0 Å². The molecule has 0 unspecified atom stereocenters. The zero-order chi connectivity index (χ0) is 13.9. The van der Waals surface area contributed by atoms with Gasteiger partial charge in [0.25, 0.3) is 0 Å². The molecule has 0 bridgehead atoms. The molecule has 2 aromatic carbocycles. The molecule has 0 spiro atoms. The number of phenols is 1. The molecular weight excluding hydrogens is 318 g/mol. The van der Waals surface area contributed by atoms with Crippen LogP contribution < -0.4 is 0 Å². The van der Waals surface area contributed by atoms with Gasteiger partial charge in [-0.3, -0.25) is 15.0 Å². The van der Waals surface area contributed by atoms with Gasteiger partial charge in [0.2, 0.25) is 0 Å². The molecule has 1 N–H and O–H groups in total. The van der Waals surface area contributed by atoms with Crippen LogP contribution in [0.3, 0.4) is 0 Å². The second kappa shape index (κ2) is 5.38.